The molecule has 2 amide bonds. The monoisotopic (exact) mass is 438 g/mol. The molecule has 30 heavy (non-hydrogen) atoms. The van der Waals surface area contributed by atoms with Crippen LogP contribution in [-0.2, 0) is 19.4 Å². The Bertz CT molecular complexity index is 1040. The molecule has 2 N–H and O–H groups in total. The van der Waals surface area contributed by atoms with Gasteiger partial charge in [-0.3, -0.25) is 4.79 Å². The van der Waals surface area contributed by atoms with E-state index in [4.69, 9.17) is 9.15 Å². The summed E-state index contributed by atoms with van der Waals surface area (Å²) >= 11 is 0. The maximum Gasteiger partial charge on any atom is 0.408 e. The predicted molar refractivity (Wildman–Crippen MR) is 109 cm³/mol. The molecule has 0 aliphatic rings. The number of sulfone groups is 1. The largest absolute Gasteiger partial charge is 0.444 e. The van der Waals surface area contributed by atoms with E-state index in [0.29, 0.717) is 5.69 Å². The second kappa shape index (κ2) is 8.82. The lowest BCUT2D eigenvalue weighted by molar-refractivity contribution is -0.113. The fourth-order valence-electron chi connectivity index (χ4n) is 2.44. The maximum atomic E-state index is 12.4. The number of hydrogen-bond acceptors (Lipinski definition) is 8. The van der Waals surface area contributed by atoms with Crippen molar-refractivity contribution in [3.05, 3.63) is 35.2 Å². The van der Waals surface area contributed by atoms with E-state index in [9.17, 15) is 18.0 Å². The molecule has 0 saturated carbocycles. The zero-order valence-corrected chi connectivity index (χ0v) is 18.6. The summed E-state index contributed by atoms with van der Waals surface area (Å²) in [5, 5.41) is 11.5. The number of amides is 2. The predicted octanol–water partition coefficient (Wildman–Crippen LogP) is 2.68. The van der Waals surface area contributed by atoms with Crippen molar-refractivity contribution in [3.63, 3.8) is 0 Å². The molecule has 2 aromatic rings. The van der Waals surface area contributed by atoms with Crippen molar-refractivity contribution < 1.29 is 27.2 Å². The Morgan fingerprint density at radius 2 is 1.87 bits per heavy atom. The van der Waals surface area contributed by atoms with Gasteiger partial charge in [0.05, 0.1) is 0 Å². The topological polar surface area (TPSA) is 140 Å². The summed E-state index contributed by atoms with van der Waals surface area (Å²) in [6, 6.07) is 4.58. The molecule has 0 aliphatic carbocycles. The molecule has 0 spiro atoms. The molecule has 1 unspecified atom stereocenters. The van der Waals surface area contributed by atoms with Crippen molar-refractivity contribution >= 4 is 27.5 Å². The summed E-state index contributed by atoms with van der Waals surface area (Å²) in [6.07, 6.45) is -0.717. The van der Waals surface area contributed by atoms with Gasteiger partial charge in [0.2, 0.25) is 21.6 Å². The zero-order chi connectivity index (χ0) is 22.7. The van der Waals surface area contributed by atoms with Crippen LogP contribution in [0.5, 0.6) is 0 Å². The summed E-state index contributed by atoms with van der Waals surface area (Å²) < 4.78 is 35.2. The normalized spacial score (nSPS) is 12.9. The van der Waals surface area contributed by atoms with Gasteiger partial charge in [0, 0.05) is 5.69 Å². The highest BCUT2D eigenvalue weighted by atomic mass is 32.2. The lowest BCUT2D eigenvalue weighted by Gasteiger charge is -2.20. The Hall–Kier alpha value is -2.95. The molecule has 0 bridgehead atoms. The Balaban J connectivity index is 2.04. The number of aromatic nitrogens is 2. The van der Waals surface area contributed by atoms with Gasteiger partial charge >= 0.3 is 11.3 Å². The number of benzene rings is 1. The van der Waals surface area contributed by atoms with Gasteiger partial charge in [-0.05, 0) is 53.2 Å². The van der Waals surface area contributed by atoms with E-state index < -0.39 is 44.5 Å². The molecule has 164 valence electrons. The van der Waals surface area contributed by atoms with Crippen LogP contribution in [0.25, 0.3) is 0 Å². The van der Waals surface area contributed by atoms with Crippen molar-refractivity contribution in [2.24, 2.45) is 0 Å². The van der Waals surface area contributed by atoms with Crippen LogP contribution < -0.4 is 10.6 Å². The number of carbonyl (C=O) groups excluding carboxylic acids is 2. The van der Waals surface area contributed by atoms with Crippen molar-refractivity contribution in [1.29, 1.82) is 0 Å². The minimum Gasteiger partial charge on any atom is -0.444 e. The Labute approximate surface area is 175 Å². The van der Waals surface area contributed by atoms with Crippen LogP contribution >= 0.6 is 0 Å². The number of alkyl carbamates (subject to hydrolysis) is 1. The van der Waals surface area contributed by atoms with E-state index in [1.54, 1.807) is 39.8 Å². The molecule has 1 aromatic heterocycles. The number of carbonyl (C=O) groups is 2. The van der Waals surface area contributed by atoms with Crippen LogP contribution in [-0.4, -0.2) is 42.0 Å². The SMILES string of the molecule is Cc1ccc(NC(=O)CS(=O)(=O)c2nnc(C(C)NC(=O)OC(C)(C)C)o2)c(C)c1. The van der Waals surface area contributed by atoms with Crippen molar-refractivity contribution in [2.75, 3.05) is 11.1 Å². The third kappa shape index (κ3) is 6.55. The number of hydrogen-bond donors (Lipinski definition) is 2. The van der Waals surface area contributed by atoms with Crippen LogP contribution in [0, 0.1) is 13.8 Å². The first kappa shape index (κ1) is 23.3. The molecule has 1 aromatic carbocycles. The fraction of sp³-hybridized carbons (Fsp3) is 0.474. The van der Waals surface area contributed by atoms with Gasteiger partial charge in [-0.2, -0.15) is 0 Å². The van der Waals surface area contributed by atoms with Crippen molar-refractivity contribution in [2.45, 2.75) is 58.4 Å². The number of anilines is 1. The molecule has 1 heterocycles. The lowest BCUT2D eigenvalue weighted by atomic mass is 10.1. The first-order chi connectivity index (χ1) is 13.8. The average molecular weight is 439 g/mol. The molecule has 10 nitrogen and oxygen atoms in total. The molecule has 11 heteroatoms. The van der Waals surface area contributed by atoms with Crippen LogP contribution in [0.3, 0.4) is 0 Å². The first-order valence-electron chi connectivity index (χ1n) is 9.19. The van der Waals surface area contributed by atoms with E-state index in [2.05, 4.69) is 20.8 Å². The number of nitrogens with one attached hydrogen (secondary N) is 2. The summed E-state index contributed by atoms with van der Waals surface area (Å²) in [4.78, 5) is 24.0. The van der Waals surface area contributed by atoms with Gasteiger partial charge in [0.15, 0.2) is 0 Å². The van der Waals surface area contributed by atoms with E-state index >= 15 is 0 Å². The van der Waals surface area contributed by atoms with Crippen LogP contribution in [0.15, 0.2) is 27.8 Å². The highest BCUT2D eigenvalue weighted by Gasteiger charge is 2.28. The van der Waals surface area contributed by atoms with E-state index in [1.165, 1.54) is 6.92 Å². The smallest absolute Gasteiger partial charge is 0.408 e. The molecule has 0 radical (unpaired) electrons. The van der Waals surface area contributed by atoms with Crippen molar-refractivity contribution in [1.82, 2.24) is 15.5 Å². The second-order valence-electron chi connectivity index (χ2n) is 7.90. The molecular formula is C19H26N4O6S. The zero-order valence-electron chi connectivity index (χ0n) is 17.8. The van der Waals surface area contributed by atoms with Gasteiger partial charge in [-0.25, -0.2) is 13.2 Å². The summed E-state index contributed by atoms with van der Waals surface area (Å²) in [5.41, 5.74) is 1.65. The Morgan fingerprint density at radius 1 is 1.20 bits per heavy atom. The fourth-order valence-corrected chi connectivity index (χ4v) is 3.36. The molecular weight excluding hydrogens is 412 g/mol. The Kier molecular flexibility index (Phi) is 6.86. The van der Waals surface area contributed by atoms with Crippen LogP contribution in [0.4, 0.5) is 10.5 Å². The molecule has 0 aliphatic heterocycles. The first-order valence-corrected chi connectivity index (χ1v) is 10.8. The number of aryl methyl sites for hydroxylation is 2. The maximum absolute atomic E-state index is 12.4. The van der Waals surface area contributed by atoms with Gasteiger partial charge in [0.1, 0.15) is 17.4 Å². The summed E-state index contributed by atoms with van der Waals surface area (Å²) in [7, 11) is -4.17. The number of ether oxygens (including phenoxy) is 1. The minimum atomic E-state index is -4.17. The van der Waals surface area contributed by atoms with Gasteiger partial charge in [0.25, 0.3) is 0 Å². The lowest BCUT2D eigenvalue weighted by Crippen LogP contribution is -2.34. The molecule has 1 atom stereocenters. The highest BCUT2D eigenvalue weighted by Crippen LogP contribution is 2.18. The van der Waals surface area contributed by atoms with E-state index in [1.807, 2.05) is 13.0 Å². The third-order valence-electron chi connectivity index (χ3n) is 3.77. The highest BCUT2D eigenvalue weighted by molar-refractivity contribution is 7.91. The van der Waals surface area contributed by atoms with Gasteiger partial charge in [-0.1, -0.05) is 22.8 Å². The van der Waals surface area contributed by atoms with Crippen LogP contribution in [0.1, 0.15) is 50.8 Å². The van der Waals surface area contributed by atoms with Crippen LogP contribution in [0.2, 0.25) is 0 Å². The number of rotatable bonds is 6. The summed E-state index contributed by atoms with van der Waals surface area (Å²) in [5.74, 6) is -1.73. The standard InChI is InChI=1S/C19H26N4O6S/c1-11-7-8-14(12(2)9-11)21-15(24)10-30(26,27)18-23-22-16(28-18)13(3)20-17(25)29-19(4,5)6/h7-9,13H,10H2,1-6H3,(H,20,25)(H,21,24). The Morgan fingerprint density at radius 3 is 2.47 bits per heavy atom. The van der Waals surface area contributed by atoms with E-state index in [-0.39, 0.29) is 5.89 Å². The number of nitrogens with zero attached hydrogens (tertiary/aromatic N) is 2. The third-order valence-corrected chi connectivity index (χ3v) is 5.11. The second-order valence-corrected chi connectivity index (χ2v) is 9.77. The van der Waals surface area contributed by atoms with Crippen molar-refractivity contribution in [3.8, 4) is 0 Å². The molecule has 0 fully saturated rings. The molecule has 0 saturated heterocycles. The molecule has 2 rings (SSSR count). The van der Waals surface area contributed by atoms with Gasteiger partial charge < -0.3 is 19.8 Å². The minimum absolute atomic E-state index is 0.130. The summed E-state index contributed by atoms with van der Waals surface area (Å²) in [6.45, 7) is 10.4. The average Bonchev–Trinajstić information content (AvgIpc) is 3.06. The quantitative estimate of drug-likeness (QED) is 0.701. The van der Waals surface area contributed by atoms with Gasteiger partial charge in [-0.15, -0.1) is 5.10 Å². The van der Waals surface area contributed by atoms with E-state index in [0.717, 1.165) is 11.1 Å².